The van der Waals surface area contributed by atoms with Gasteiger partial charge in [0.2, 0.25) is 0 Å². The van der Waals surface area contributed by atoms with E-state index in [1.807, 2.05) is 0 Å². The maximum atomic E-state index is 2.51. The Hall–Kier alpha value is -1.86. The van der Waals surface area contributed by atoms with Crippen molar-refractivity contribution in [3.05, 3.63) is 72.3 Å². The first-order valence-electron chi connectivity index (χ1n) is 6.86. The molecule has 0 saturated heterocycles. The second-order valence-electron chi connectivity index (χ2n) is 5.69. The monoisotopic (exact) mass is 260 g/mol. The van der Waals surface area contributed by atoms with Crippen molar-refractivity contribution in [1.29, 1.82) is 0 Å². The average molecular weight is 260 g/mol. The zero-order valence-electron chi connectivity index (χ0n) is 11.1. The Morgan fingerprint density at radius 2 is 1.42 bits per heavy atom. The Kier molecular flexibility index (Phi) is 2.21. The van der Waals surface area contributed by atoms with Gasteiger partial charge < -0.3 is 0 Å². The second kappa shape index (κ2) is 3.81. The third kappa shape index (κ3) is 1.45. The van der Waals surface area contributed by atoms with Gasteiger partial charge in [-0.1, -0.05) is 84.0 Å². The van der Waals surface area contributed by atoms with Crippen molar-refractivity contribution in [1.82, 2.24) is 0 Å². The van der Waals surface area contributed by atoms with Crippen molar-refractivity contribution in [3.8, 4) is 0 Å². The summed E-state index contributed by atoms with van der Waals surface area (Å²) >= 11 is 0. The minimum atomic E-state index is -1.46. The molecule has 0 aromatic heterocycles. The molecular weight excluding hydrogens is 244 g/mol. The molecule has 4 rings (SSSR count). The van der Waals surface area contributed by atoms with E-state index in [4.69, 9.17) is 0 Å². The maximum Gasteiger partial charge on any atom is 0.120 e. The quantitative estimate of drug-likeness (QED) is 0.590. The van der Waals surface area contributed by atoms with Gasteiger partial charge in [-0.05, 0) is 22.0 Å². The molecule has 0 N–H and O–H groups in total. The molecule has 0 bridgehead atoms. The minimum Gasteiger partial charge on any atom is -0.0623 e. The fraction of sp³-hybridized carbons (Fsp3) is 0.111. The highest BCUT2D eigenvalue weighted by Gasteiger charge is 2.42. The Balaban J connectivity index is 1.98. The van der Waals surface area contributed by atoms with Crippen molar-refractivity contribution in [3.63, 3.8) is 0 Å². The maximum absolute atomic E-state index is 2.51. The molecule has 0 nitrogen and oxygen atoms in total. The van der Waals surface area contributed by atoms with Crippen LogP contribution < -0.4 is 10.4 Å². The molecule has 0 fully saturated rings. The molecule has 1 heterocycles. The molecule has 0 amide bonds. The summed E-state index contributed by atoms with van der Waals surface area (Å²) in [5.41, 5.74) is 1.56. The van der Waals surface area contributed by atoms with Crippen LogP contribution in [-0.2, 0) is 6.04 Å². The summed E-state index contributed by atoms with van der Waals surface area (Å²) in [6, 6.07) is 25.9. The highest BCUT2D eigenvalue weighted by Crippen LogP contribution is 2.25. The lowest BCUT2D eigenvalue weighted by Crippen LogP contribution is -2.66. The van der Waals surface area contributed by atoms with Gasteiger partial charge in [0.25, 0.3) is 0 Å². The predicted octanol–water partition coefficient (Wildman–Crippen LogP) is 3.13. The fourth-order valence-electron chi connectivity index (χ4n) is 3.53. The Morgan fingerprint density at radius 3 is 2.32 bits per heavy atom. The molecule has 0 spiro atoms. The highest BCUT2D eigenvalue weighted by atomic mass is 28.3. The van der Waals surface area contributed by atoms with E-state index in [1.54, 1.807) is 15.9 Å². The Labute approximate surface area is 114 Å². The molecule has 19 heavy (non-hydrogen) atoms. The topological polar surface area (TPSA) is 0 Å². The normalized spacial score (nSPS) is 20.9. The highest BCUT2D eigenvalue weighted by molar-refractivity contribution is 7.05. The third-order valence-electron chi connectivity index (χ3n) is 4.54. The lowest BCUT2D eigenvalue weighted by molar-refractivity contribution is 1.28. The summed E-state index contributed by atoms with van der Waals surface area (Å²) < 4.78 is 0. The van der Waals surface area contributed by atoms with E-state index in [2.05, 4.69) is 73.3 Å². The van der Waals surface area contributed by atoms with E-state index in [0.717, 1.165) is 0 Å². The minimum absolute atomic E-state index is 1.29. The molecule has 1 heteroatoms. The molecular formula is C18H16Si. The number of fused-ring (bicyclic) bond motifs is 2. The van der Waals surface area contributed by atoms with Gasteiger partial charge in [-0.15, -0.1) is 0 Å². The summed E-state index contributed by atoms with van der Waals surface area (Å²) in [6.07, 6.45) is 0. The first kappa shape index (κ1) is 11.0. The molecule has 0 aliphatic carbocycles. The van der Waals surface area contributed by atoms with Gasteiger partial charge in [0, 0.05) is 0 Å². The van der Waals surface area contributed by atoms with Gasteiger partial charge in [-0.3, -0.25) is 0 Å². The van der Waals surface area contributed by atoms with Gasteiger partial charge >= 0.3 is 0 Å². The molecule has 1 atom stereocenters. The predicted molar refractivity (Wildman–Crippen MR) is 85.0 cm³/mol. The van der Waals surface area contributed by atoms with E-state index in [9.17, 15) is 0 Å². The molecule has 0 saturated carbocycles. The van der Waals surface area contributed by atoms with Gasteiger partial charge in [-0.2, -0.15) is 0 Å². The molecule has 3 aromatic rings. The summed E-state index contributed by atoms with van der Waals surface area (Å²) in [4.78, 5) is 0. The van der Waals surface area contributed by atoms with Crippen LogP contribution in [0.5, 0.6) is 0 Å². The second-order valence-corrected chi connectivity index (χ2v) is 9.79. The van der Waals surface area contributed by atoms with Crippen LogP contribution in [0.25, 0.3) is 10.8 Å². The van der Waals surface area contributed by atoms with Crippen LogP contribution in [0.1, 0.15) is 5.56 Å². The average Bonchev–Trinajstić information content (AvgIpc) is 2.45. The summed E-state index contributed by atoms with van der Waals surface area (Å²) in [6.45, 7) is 2.51. The first-order valence-corrected chi connectivity index (χ1v) is 9.56. The zero-order valence-corrected chi connectivity index (χ0v) is 12.1. The van der Waals surface area contributed by atoms with E-state index in [1.165, 1.54) is 16.8 Å². The van der Waals surface area contributed by atoms with E-state index in [0.29, 0.717) is 0 Å². The molecule has 1 aliphatic rings. The molecule has 0 unspecified atom stereocenters. The Bertz CT molecular complexity index is 770. The van der Waals surface area contributed by atoms with Crippen molar-refractivity contribution in [2.45, 2.75) is 12.6 Å². The number of benzene rings is 3. The number of hydrogen-bond donors (Lipinski definition) is 0. The van der Waals surface area contributed by atoms with Gasteiger partial charge in [0.1, 0.15) is 8.07 Å². The van der Waals surface area contributed by atoms with Crippen molar-refractivity contribution < 1.29 is 0 Å². The summed E-state index contributed by atoms with van der Waals surface area (Å²) in [5.74, 6) is 0. The lowest BCUT2D eigenvalue weighted by atomic mass is 10.1. The number of rotatable bonds is 1. The SMILES string of the molecule is C[Si@]1(c2cccc3ccccc23)Cc2ccccc21. The van der Waals surface area contributed by atoms with Crippen LogP contribution in [0.2, 0.25) is 6.55 Å². The van der Waals surface area contributed by atoms with Gasteiger partial charge in [0.05, 0.1) is 0 Å². The smallest absolute Gasteiger partial charge is 0.0623 e. The first-order chi connectivity index (χ1) is 9.29. The molecule has 3 aromatic carbocycles. The van der Waals surface area contributed by atoms with Gasteiger partial charge in [0.15, 0.2) is 0 Å². The summed E-state index contributed by atoms with van der Waals surface area (Å²) in [7, 11) is -1.46. The van der Waals surface area contributed by atoms with Crippen LogP contribution in [0, 0.1) is 0 Å². The molecule has 0 radical (unpaired) electrons. The largest absolute Gasteiger partial charge is 0.120 e. The fourth-order valence-corrected chi connectivity index (χ4v) is 7.60. The van der Waals surface area contributed by atoms with E-state index < -0.39 is 8.07 Å². The molecule has 92 valence electrons. The van der Waals surface area contributed by atoms with Crippen LogP contribution in [-0.4, -0.2) is 8.07 Å². The van der Waals surface area contributed by atoms with Crippen molar-refractivity contribution in [2.24, 2.45) is 0 Å². The zero-order chi connectivity index (χ0) is 12.9. The van der Waals surface area contributed by atoms with Gasteiger partial charge in [-0.25, -0.2) is 0 Å². The lowest BCUT2D eigenvalue weighted by Gasteiger charge is -2.40. The van der Waals surface area contributed by atoms with Crippen LogP contribution in [0.4, 0.5) is 0 Å². The standard InChI is InChI=1S/C18H16Si/c1-19(13-15-8-3-5-11-17(15)19)18-12-6-9-14-7-2-4-10-16(14)18/h2-12H,13H2,1H3/t19-/m0/s1. The van der Waals surface area contributed by atoms with E-state index in [-0.39, 0.29) is 0 Å². The van der Waals surface area contributed by atoms with Crippen LogP contribution in [0.15, 0.2) is 66.7 Å². The summed E-state index contributed by atoms with van der Waals surface area (Å²) in [5, 5.41) is 6.06. The van der Waals surface area contributed by atoms with Crippen LogP contribution >= 0.6 is 0 Å². The van der Waals surface area contributed by atoms with E-state index >= 15 is 0 Å². The number of hydrogen-bond acceptors (Lipinski definition) is 0. The van der Waals surface area contributed by atoms with Crippen molar-refractivity contribution >= 4 is 29.2 Å². The van der Waals surface area contributed by atoms with Crippen molar-refractivity contribution in [2.75, 3.05) is 0 Å². The van der Waals surface area contributed by atoms with Crippen LogP contribution in [0.3, 0.4) is 0 Å². The Morgan fingerprint density at radius 1 is 0.737 bits per heavy atom. The third-order valence-corrected chi connectivity index (χ3v) is 8.93. The molecule has 1 aliphatic heterocycles.